The molecule has 0 bridgehead atoms. The van der Waals surface area contributed by atoms with E-state index in [-0.39, 0.29) is 5.79 Å². The van der Waals surface area contributed by atoms with E-state index in [9.17, 15) is 0 Å². The number of ether oxygens (including phenoxy) is 2. The largest absolute Gasteiger partial charge is 0.399 e. The highest BCUT2D eigenvalue weighted by Gasteiger charge is 2.39. The zero-order valence-electron chi connectivity index (χ0n) is 10.6. The summed E-state index contributed by atoms with van der Waals surface area (Å²) in [5, 5.41) is 0. The fourth-order valence-corrected chi connectivity index (χ4v) is 2.79. The summed E-state index contributed by atoms with van der Waals surface area (Å²) < 4.78 is 11.5. The predicted octanol–water partition coefficient (Wildman–Crippen LogP) is 1.61. The molecule has 1 aromatic carbocycles. The Bertz CT molecular complexity index is 406. The zero-order valence-corrected chi connectivity index (χ0v) is 10.6. The van der Waals surface area contributed by atoms with Crippen LogP contribution < -0.4 is 5.73 Å². The normalized spacial score (nSPS) is 23.6. The molecule has 0 unspecified atom stereocenters. The second kappa shape index (κ2) is 4.88. The van der Waals surface area contributed by atoms with E-state index >= 15 is 0 Å². The van der Waals surface area contributed by atoms with E-state index in [0.29, 0.717) is 0 Å². The highest BCUT2D eigenvalue weighted by molar-refractivity contribution is 5.40. The number of rotatable bonds is 2. The van der Waals surface area contributed by atoms with Gasteiger partial charge in [0, 0.05) is 38.2 Å². The molecule has 0 saturated carbocycles. The van der Waals surface area contributed by atoms with Gasteiger partial charge >= 0.3 is 0 Å². The summed E-state index contributed by atoms with van der Waals surface area (Å²) in [5.74, 6) is -0.272. The van der Waals surface area contributed by atoms with Crippen molar-refractivity contribution in [1.82, 2.24) is 4.90 Å². The Morgan fingerprint density at radius 2 is 1.89 bits per heavy atom. The van der Waals surface area contributed by atoms with Gasteiger partial charge in [-0.25, -0.2) is 0 Å². The van der Waals surface area contributed by atoms with Crippen molar-refractivity contribution < 1.29 is 9.47 Å². The number of nitrogens with zero attached hydrogens (tertiary/aromatic N) is 1. The lowest BCUT2D eigenvalue weighted by Crippen LogP contribution is -2.44. The molecular formula is C14H20N2O2. The average Bonchev–Trinajstić information content (AvgIpc) is 2.81. The Kier molecular flexibility index (Phi) is 3.24. The third-order valence-corrected chi connectivity index (χ3v) is 3.79. The predicted molar refractivity (Wildman–Crippen MR) is 70.0 cm³/mol. The van der Waals surface area contributed by atoms with Gasteiger partial charge in [-0.1, -0.05) is 12.1 Å². The van der Waals surface area contributed by atoms with E-state index < -0.39 is 0 Å². The molecule has 0 aromatic heterocycles. The van der Waals surface area contributed by atoms with E-state index in [0.717, 1.165) is 51.4 Å². The summed E-state index contributed by atoms with van der Waals surface area (Å²) in [6.45, 7) is 4.50. The van der Waals surface area contributed by atoms with Gasteiger partial charge in [-0.05, 0) is 17.7 Å². The first-order valence-corrected chi connectivity index (χ1v) is 6.60. The lowest BCUT2D eigenvalue weighted by Gasteiger charge is -2.37. The van der Waals surface area contributed by atoms with Crippen molar-refractivity contribution in [2.75, 3.05) is 32.0 Å². The van der Waals surface area contributed by atoms with Crippen LogP contribution in [0, 0.1) is 0 Å². The highest BCUT2D eigenvalue weighted by atomic mass is 16.7. The van der Waals surface area contributed by atoms with Gasteiger partial charge < -0.3 is 15.2 Å². The molecule has 2 aliphatic heterocycles. The maximum atomic E-state index is 5.80. The molecular weight excluding hydrogens is 228 g/mol. The van der Waals surface area contributed by atoms with E-state index in [4.69, 9.17) is 15.2 Å². The zero-order chi connectivity index (χ0) is 12.4. The lowest BCUT2D eigenvalue weighted by atomic mass is 10.0. The molecule has 4 nitrogen and oxygen atoms in total. The topological polar surface area (TPSA) is 47.7 Å². The number of piperidine rings is 1. The first kappa shape index (κ1) is 12.0. The maximum absolute atomic E-state index is 5.80. The van der Waals surface area contributed by atoms with Gasteiger partial charge in [0.15, 0.2) is 5.79 Å². The van der Waals surface area contributed by atoms with E-state index in [1.807, 2.05) is 18.2 Å². The number of likely N-dealkylation sites (tertiary alicyclic amines) is 1. The van der Waals surface area contributed by atoms with Crippen LogP contribution in [0.25, 0.3) is 0 Å². The molecule has 0 atom stereocenters. The van der Waals surface area contributed by atoms with Gasteiger partial charge in [-0.15, -0.1) is 0 Å². The number of hydrogen-bond donors (Lipinski definition) is 1. The number of hydrogen-bond acceptors (Lipinski definition) is 4. The minimum absolute atomic E-state index is 0.272. The molecule has 98 valence electrons. The summed E-state index contributed by atoms with van der Waals surface area (Å²) in [6.07, 6.45) is 1.94. The number of nitrogen functional groups attached to an aromatic ring is 1. The fourth-order valence-electron chi connectivity index (χ4n) is 2.79. The molecule has 0 aliphatic carbocycles. The quantitative estimate of drug-likeness (QED) is 0.808. The Labute approximate surface area is 108 Å². The fraction of sp³-hybridized carbons (Fsp3) is 0.571. The van der Waals surface area contributed by atoms with Crippen molar-refractivity contribution in [3.63, 3.8) is 0 Å². The molecule has 4 heteroatoms. The van der Waals surface area contributed by atoms with Gasteiger partial charge in [-0.2, -0.15) is 0 Å². The maximum Gasteiger partial charge on any atom is 0.170 e. The molecule has 1 aromatic rings. The summed E-state index contributed by atoms with van der Waals surface area (Å²) in [5.41, 5.74) is 7.91. The van der Waals surface area contributed by atoms with Crippen molar-refractivity contribution in [2.24, 2.45) is 0 Å². The number of anilines is 1. The Morgan fingerprint density at radius 3 is 2.56 bits per heavy atom. The van der Waals surface area contributed by atoms with Crippen molar-refractivity contribution in [1.29, 1.82) is 0 Å². The Hall–Kier alpha value is -1.10. The van der Waals surface area contributed by atoms with Crippen LogP contribution in [0.4, 0.5) is 5.69 Å². The van der Waals surface area contributed by atoms with Crippen LogP contribution in [0.3, 0.4) is 0 Å². The summed E-state index contributed by atoms with van der Waals surface area (Å²) in [6, 6.07) is 8.12. The second-order valence-corrected chi connectivity index (χ2v) is 5.13. The average molecular weight is 248 g/mol. The van der Waals surface area contributed by atoms with E-state index in [1.165, 1.54) is 5.56 Å². The molecule has 2 N–H and O–H groups in total. The third-order valence-electron chi connectivity index (χ3n) is 3.79. The van der Waals surface area contributed by atoms with Gasteiger partial charge in [0.25, 0.3) is 0 Å². The third kappa shape index (κ3) is 2.51. The van der Waals surface area contributed by atoms with Crippen molar-refractivity contribution in [3.05, 3.63) is 29.8 Å². The Morgan fingerprint density at radius 1 is 1.17 bits per heavy atom. The lowest BCUT2D eigenvalue weighted by molar-refractivity contribution is -0.185. The standard InChI is InChI=1S/C14H20N2O2/c15-13-3-1-2-12(10-13)11-16-6-4-14(5-7-16)17-8-9-18-14/h1-3,10H,4-9,11,15H2. The molecule has 0 radical (unpaired) electrons. The minimum atomic E-state index is -0.272. The van der Waals surface area contributed by atoms with Gasteiger partial charge in [-0.3, -0.25) is 4.90 Å². The van der Waals surface area contributed by atoms with Crippen LogP contribution >= 0.6 is 0 Å². The molecule has 2 aliphatic rings. The molecule has 2 saturated heterocycles. The smallest absolute Gasteiger partial charge is 0.170 e. The summed E-state index contributed by atoms with van der Waals surface area (Å²) in [4.78, 5) is 2.44. The molecule has 18 heavy (non-hydrogen) atoms. The first-order valence-electron chi connectivity index (χ1n) is 6.60. The van der Waals surface area contributed by atoms with Crippen molar-refractivity contribution in [3.8, 4) is 0 Å². The Balaban J connectivity index is 1.57. The minimum Gasteiger partial charge on any atom is -0.399 e. The summed E-state index contributed by atoms with van der Waals surface area (Å²) >= 11 is 0. The molecule has 0 amide bonds. The monoisotopic (exact) mass is 248 g/mol. The van der Waals surface area contributed by atoms with Gasteiger partial charge in [0.2, 0.25) is 0 Å². The van der Waals surface area contributed by atoms with E-state index in [1.54, 1.807) is 0 Å². The van der Waals surface area contributed by atoms with Crippen LogP contribution in [-0.2, 0) is 16.0 Å². The number of benzene rings is 1. The van der Waals surface area contributed by atoms with E-state index in [2.05, 4.69) is 11.0 Å². The van der Waals surface area contributed by atoms with Crippen LogP contribution in [0.15, 0.2) is 24.3 Å². The SMILES string of the molecule is Nc1cccc(CN2CCC3(CC2)OCCO3)c1. The van der Waals surface area contributed by atoms with Crippen molar-refractivity contribution >= 4 is 5.69 Å². The molecule has 1 spiro atoms. The molecule has 2 heterocycles. The van der Waals surface area contributed by atoms with Crippen molar-refractivity contribution in [2.45, 2.75) is 25.2 Å². The second-order valence-electron chi connectivity index (χ2n) is 5.13. The van der Waals surface area contributed by atoms with Crippen LogP contribution in [0.2, 0.25) is 0 Å². The first-order chi connectivity index (χ1) is 8.76. The molecule has 2 fully saturated rings. The van der Waals surface area contributed by atoms with Crippen LogP contribution in [0.5, 0.6) is 0 Å². The van der Waals surface area contributed by atoms with Crippen LogP contribution in [-0.4, -0.2) is 37.0 Å². The van der Waals surface area contributed by atoms with Crippen LogP contribution in [0.1, 0.15) is 18.4 Å². The van der Waals surface area contributed by atoms with Gasteiger partial charge in [0.1, 0.15) is 0 Å². The molecule has 3 rings (SSSR count). The summed E-state index contributed by atoms with van der Waals surface area (Å²) in [7, 11) is 0. The van der Waals surface area contributed by atoms with Gasteiger partial charge in [0.05, 0.1) is 13.2 Å². The highest BCUT2D eigenvalue weighted by Crippen LogP contribution is 2.31. The number of nitrogens with two attached hydrogens (primary N) is 1.